The maximum atomic E-state index is 11.4. The van der Waals surface area contributed by atoms with E-state index in [1.54, 1.807) is 7.11 Å². The Balaban J connectivity index is 2.25. The lowest BCUT2D eigenvalue weighted by Gasteiger charge is -2.04. The predicted octanol–water partition coefficient (Wildman–Crippen LogP) is 1.84. The molecule has 0 unspecified atom stereocenters. The molecule has 1 aromatic carbocycles. The SMILES string of the molecule is COc1ccc(Cc2nc(O)c(Br)c(=O)[nH]2)cc1. The van der Waals surface area contributed by atoms with E-state index >= 15 is 0 Å². The molecule has 5 nitrogen and oxygen atoms in total. The predicted molar refractivity (Wildman–Crippen MR) is 70.0 cm³/mol. The molecule has 1 aromatic heterocycles. The molecule has 1 heterocycles. The van der Waals surface area contributed by atoms with Crippen LogP contribution in [-0.2, 0) is 6.42 Å². The standard InChI is InChI=1S/C12H11BrN2O3/c1-18-8-4-2-7(3-5-8)6-9-14-11(16)10(13)12(17)15-9/h2-5H,6H2,1H3,(H2,14,15,16,17). The van der Waals surface area contributed by atoms with Crippen molar-refractivity contribution in [3.05, 3.63) is 50.5 Å². The third-order valence-electron chi connectivity index (χ3n) is 2.42. The van der Waals surface area contributed by atoms with Crippen molar-refractivity contribution >= 4 is 15.9 Å². The number of aromatic amines is 1. The normalized spacial score (nSPS) is 10.3. The van der Waals surface area contributed by atoms with E-state index in [4.69, 9.17) is 4.74 Å². The maximum Gasteiger partial charge on any atom is 0.269 e. The first-order valence-electron chi connectivity index (χ1n) is 5.20. The van der Waals surface area contributed by atoms with Crippen LogP contribution in [0.3, 0.4) is 0 Å². The van der Waals surface area contributed by atoms with Crippen molar-refractivity contribution in [2.45, 2.75) is 6.42 Å². The van der Waals surface area contributed by atoms with E-state index in [0.29, 0.717) is 12.2 Å². The van der Waals surface area contributed by atoms with E-state index in [9.17, 15) is 9.90 Å². The Morgan fingerprint density at radius 3 is 2.61 bits per heavy atom. The third-order valence-corrected chi connectivity index (χ3v) is 3.14. The molecule has 0 aliphatic heterocycles. The van der Waals surface area contributed by atoms with Gasteiger partial charge in [0.2, 0.25) is 5.88 Å². The van der Waals surface area contributed by atoms with Gasteiger partial charge < -0.3 is 14.8 Å². The smallest absolute Gasteiger partial charge is 0.269 e. The summed E-state index contributed by atoms with van der Waals surface area (Å²) in [7, 11) is 1.60. The highest BCUT2D eigenvalue weighted by molar-refractivity contribution is 9.10. The van der Waals surface area contributed by atoms with Gasteiger partial charge >= 0.3 is 0 Å². The molecule has 94 valence electrons. The van der Waals surface area contributed by atoms with Gasteiger partial charge in [0.15, 0.2) is 0 Å². The molecule has 0 saturated carbocycles. The molecule has 0 radical (unpaired) electrons. The van der Waals surface area contributed by atoms with Crippen LogP contribution in [0.15, 0.2) is 33.5 Å². The highest BCUT2D eigenvalue weighted by atomic mass is 79.9. The average Bonchev–Trinajstić information content (AvgIpc) is 2.37. The monoisotopic (exact) mass is 310 g/mol. The summed E-state index contributed by atoms with van der Waals surface area (Å²) >= 11 is 2.94. The zero-order valence-corrected chi connectivity index (χ0v) is 11.2. The summed E-state index contributed by atoms with van der Waals surface area (Å²) in [5.41, 5.74) is 0.562. The molecule has 6 heteroatoms. The Morgan fingerprint density at radius 2 is 2.06 bits per heavy atom. The quantitative estimate of drug-likeness (QED) is 0.907. The van der Waals surface area contributed by atoms with Crippen LogP contribution in [0.2, 0.25) is 0 Å². The molecule has 0 fully saturated rings. The number of H-pyrrole nitrogens is 1. The first-order valence-corrected chi connectivity index (χ1v) is 6.00. The Morgan fingerprint density at radius 1 is 1.39 bits per heavy atom. The van der Waals surface area contributed by atoms with E-state index in [1.807, 2.05) is 24.3 Å². The minimum absolute atomic E-state index is 0.0426. The van der Waals surface area contributed by atoms with Gasteiger partial charge in [-0.05, 0) is 33.6 Å². The molecule has 0 atom stereocenters. The first-order chi connectivity index (χ1) is 8.60. The van der Waals surface area contributed by atoms with Gasteiger partial charge in [0.1, 0.15) is 16.0 Å². The number of rotatable bonds is 3. The third kappa shape index (κ3) is 2.70. The summed E-state index contributed by atoms with van der Waals surface area (Å²) in [4.78, 5) is 17.9. The van der Waals surface area contributed by atoms with E-state index < -0.39 is 5.56 Å². The minimum Gasteiger partial charge on any atom is -0.497 e. The number of hydrogen-bond donors (Lipinski definition) is 2. The zero-order chi connectivity index (χ0) is 13.1. The van der Waals surface area contributed by atoms with Crippen LogP contribution in [-0.4, -0.2) is 22.2 Å². The van der Waals surface area contributed by atoms with E-state index in [-0.39, 0.29) is 10.4 Å². The van der Waals surface area contributed by atoms with Crippen LogP contribution in [0.5, 0.6) is 11.6 Å². The summed E-state index contributed by atoms with van der Waals surface area (Å²) in [5.74, 6) is 0.868. The van der Waals surface area contributed by atoms with Crippen LogP contribution in [0.25, 0.3) is 0 Å². The fourth-order valence-electron chi connectivity index (χ4n) is 1.51. The average molecular weight is 311 g/mol. The maximum absolute atomic E-state index is 11.4. The number of methoxy groups -OCH3 is 1. The number of ether oxygens (including phenoxy) is 1. The van der Waals surface area contributed by atoms with Gasteiger partial charge in [0.05, 0.1) is 7.11 Å². The van der Waals surface area contributed by atoms with E-state index in [2.05, 4.69) is 25.9 Å². The zero-order valence-electron chi connectivity index (χ0n) is 9.61. The van der Waals surface area contributed by atoms with Crippen LogP contribution < -0.4 is 10.3 Å². The molecule has 0 bridgehead atoms. The topological polar surface area (TPSA) is 75.2 Å². The van der Waals surface area contributed by atoms with Crippen LogP contribution in [0, 0.1) is 0 Å². The molecular formula is C12H11BrN2O3. The lowest BCUT2D eigenvalue weighted by molar-refractivity contribution is 0.414. The second-order valence-corrected chi connectivity index (χ2v) is 4.47. The van der Waals surface area contributed by atoms with Crippen LogP contribution in [0.1, 0.15) is 11.4 Å². The molecule has 2 aromatic rings. The molecule has 2 N–H and O–H groups in total. The van der Waals surface area contributed by atoms with Gasteiger partial charge in [-0.1, -0.05) is 12.1 Å². The number of halogens is 1. The molecule has 0 saturated heterocycles. The van der Waals surface area contributed by atoms with Gasteiger partial charge in [-0.2, -0.15) is 4.98 Å². The first kappa shape index (κ1) is 12.6. The van der Waals surface area contributed by atoms with E-state index in [1.165, 1.54) is 0 Å². The van der Waals surface area contributed by atoms with Crippen molar-refractivity contribution in [3.63, 3.8) is 0 Å². The number of nitrogens with one attached hydrogen (secondary N) is 1. The second kappa shape index (κ2) is 5.22. The number of aromatic nitrogens is 2. The molecular weight excluding hydrogens is 300 g/mol. The summed E-state index contributed by atoms with van der Waals surface area (Å²) < 4.78 is 5.10. The Labute approximate surface area is 112 Å². The Kier molecular flexibility index (Phi) is 3.66. The van der Waals surface area contributed by atoms with Gasteiger partial charge in [-0.15, -0.1) is 0 Å². The van der Waals surface area contributed by atoms with Crippen molar-refractivity contribution in [2.24, 2.45) is 0 Å². The summed E-state index contributed by atoms with van der Waals surface area (Å²) in [6, 6.07) is 7.40. The van der Waals surface area contributed by atoms with Crippen molar-refractivity contribution in [1.29, 1.82) is 0 Å². The highest BCUT2D eigenvalue weighted by Gasteiger charge is 2.07. The second-order valence-electron chi connectivity index (χ2n) is 3.68. The molecule has 0 amide bonds. The van der Waals surface area contributed by atoms with Crippen molar-refractivity contribution < 1.29 is 9.84 Å². The van der Waals surface area contributed by atoms with Crippen molar-refractivity contribution in [3.8, 4) is 11.6 Å². The van der Waals surface area contributed by atoms with Gasteiger partial charge in [0, 0.05) is 6.42 Å². The lowest BCUT2D eigenvalue weighted by Crippen LogP contribution is -2.12. The molecule has 0 aliphatic carbocycles. The van der Waals surface area contributed by atoms with Gasteiger partial charge in [0.25, 0.3) is 5.56 Å². The number of nitrogens with zero attached hydrogens (tertiary/aromatic N) is 1. The van der Waals surface area contributed by atoms with E-state index in [0.717, 1.165) is 11.3 Å². The summed E-state index contributed by atoms with van der Waals surface area (Å²) in [5, 5.41) is 9.44. The van der Waals surface area contributed by atoms with Crippen molar-refractivity contribution in [2.75, 3.05) is 7.11 Å². The fraction of sp³-hybridized carbons (Fsp3) is 0.167. The number of benzene rings is 1. The summed E-state index contributed by atoms with van der Waals surface area (Å²) in [6.07, 6.45) is 0.431. The Hall–Kier alpha value is -1.82. The lowest BCUT2D eigenvalue weighted by atomic mass is 10.1. The van der Waals surface area contributed by atoms with Gasteiger partial charge in [-0.25, -0.2) is 0 Å². The van der Waals surface area contributed by atoms with Crippen LogP contribution >= 0.6 is 15.9 Å². The fourth-order valence-corrected chi connectivity index (χ4v) is 1.70. The highest BCUT2D eigenvalue weighted by Crippen LogP contribution is 2.17. The number of hydrogen-bond acceptors (Lipinski definition) is 4. The molecule has 2 rings (SSSR count). The Bertz CT molecular complexity index is 608. The van der Waals surface area contributed by atoms with Crippen LogP contribution in [0.4, 0.5) is 0 Å². The van der Waals surface area contributed by atoms with Gasteiger partial charge in [-0.3, -0.25) is 4.79 Å². The minimum atomic E-state index is -0.397. The number of aromatic hydroxyl groups is 1. The van der Waals surface area contributed by atoms with Crippen molar-refractivity contribution in [1.82, 2.24) is 9.97 Å². The molecule has 0 spiro atoms. The summed E-state index contributed by atoms with van der Waals surface area (Å²) in [6.45, 7) is 0. The largest absolute Gasteiger partial charge is 0.497 e. The molecule has 18 heavy (non-hydrogen) atoms. The molecule has 0 aliphatic rings.